The Morgan fingerprint density at radius 3 is 2.33 bits per heavy atom. The summed E-state index contributed by atoms with van der Waals surface area (Å²) in [4.78, 5) is 5.28. The van der Waals surface area contributed by atoms with Crippen LogP contribution in [-0.4, -0.2) is 64.4 Å². The zero-order valence-electron chi connectivity index (χ0n) is 12.5. The molecule has 0 spiro atoms. The predicted molar refractivity (Wildman–Crippen MR) is 84.6 cm³/mol. The first-order valence-corrected chi connectivity index (χ1v) is 9.28. The Labute approximate surface area is 126 Å². The van der Waals surface area contributed by atoms with Gasteiger partial charge in [-0.05, 0) is 24.3 Å². The zero-order valence-corrected chi connectivity index (χ0v) is 13.3. The summed E-state index contributed by atoms with van der Waals surface area (Å²) in [6.45, 7) is 8.19. The van der Waals surface area contributed by atoms with Crippen LogP contribution in [0.3, 0.4) is 0 Å². The van der Waals surface area contributed by atoms with Gasteiger partial charge < -0.3 is 10.2 Å². The highest BCUT2D eigenvalue weighted by atomic mass is 32.2. The van der Waals surface area contributed by atoms with Crippen molar-refractivity contribution in [2.75, 3.05) is 49.9 Å². The van der Waals surface area contributed by atoms with Crippen molar-refractivity contribution in [2.24, 2.45) is 0 Å². The Balaban J connectivity index is 1.59. The maximum Gasteiger partial charge on any atom is 0.178 e. The van der Waals surface area contributed by atoms with Gasteiger partial charge >= 0.3 is 0 Å². The number of hydrogen-bond acceptors (Lipinski definition) is 5. The molecule has 2 aliphatic rings. The molecule has 0 saturated carbocycles. The van der Waals surface area contributed by atoms with Gasteiger partial charge in [-0.15, -0.1) is 0 Å². The molecule has 0 atom stereocenters. The first-order valence-electron chi connectivity index (χ1n) is 7.62. The van der Waals surface area contributed by atoms with Gasteiger partial charge in [0, 0.05) is 51.0 Å². The van der Waals surface area contributed by atoms with E-state index in [1.54, 1.807) is 19.1 Å². The van der Waals surface area contributed by atoms with Gasteiger partial charge in [-0.1, -0.05) is 6.92 Å². The highest BCUT2D eigenvalue weighted by Crippen LogP contribution is 2.25. The third kappa shape index (κ3) is 3.07. The summed E-state index contributed by atoms with van der Waals surface area (Å²) in [5, 5.41) is 3.37. The van der Waals surface area contributed by atoms with E-state index < -0.39 is 9.84 Å². The minimum Gasteiger partial charge on any atom is -0.368 e. The number of hydrogen-bond donors (Lipinski definition) is 1. The van der Waals surface area contributed by atoms with Crippen molar-refractivity contribution in [2.45, 2.75) is 17.9 Å². The normalized spacial score (nSPS) is 21.3. The minimum atomic E-state index is -3.09. The summed E-state index contributed by atoms with van der Waals surface area (Å²) in [5.74, 6) is 0.154. The zero-order chi connectivity index (χ0) is 14.9. The fourth-order valence-corrected chi connectivity index (χ4v) is 3.86. The molecule has 0 aliphatic carbocycles. The quantitative estimate of drug-likeness (QED) is 0.881. The lowest BCUT2D eigenvalue weighted by Gasteiger charge is -2.48. The van der Waals surface area contributed by atoms with Crippen molar-refractivity contribution in [3.05, 3.63) is 24.3 Å². The van der Waals surface area contributed by atoms with E-state index in [2.05, 4.69) is 15.1 Å². The number of benzene rings is 1. The van der Waals surface area contributed by atoms with Gasteiger partial charge in [-0.3, -0.25) is 4.90 Å². The van der Waals surface area contributed by atoms with E-state index in [0.29, 0.717) is 10.9 Å². The molecule has 0 radical (unpaired) electrons. The number of rotatable bonds is 4. The molecular weight excluding hydrogens is 286 g/mol. The topological polar surface area (TPSA) is 52.7 Å². The van der Waals surface area contributed by atoms with E-state index in [0.717, 1.165) is 45.0 Å². The van der Waals surface area contributed by atoms with Gasteiger partial charge in [-0.2, -0.15) is 0 Å². The molecule has 1 N–H and O–H groups in total. The van der Waals surface area contributed by atoms with E-state index in [-0.39, 0.29) is 5.75 Å². The van der Waals surface area contributed by atoms with Gasteiger partial charge in [0.05, 0.1) is 10.6 Å². The molecular formula is C15H23N3O2S. The smallest absolute Gasteiger partial charge is 0.178 e. The number of nitrogens with zero attached hydrogens (tertiary/aromatic N) is 2. The fourth-order valence-electron chi connectivity index (χ4n) is 2.98. The highest BCUT2D eigenvalue weighted by Gasteiger charge is 2.32. The second kappa shape index (κ2) is 5.94. The third-order valence-electron chi connectivity index (χ3n) is 4.47. The summed E-state index contributed by atoms with van der Waals surface area (Å²) >= 11 is 0. The van der Waals surface area contributed by atoms with Crippen LogP contribution in [0.25, 0.3) is 0 Å². The first kappa shape index (κ1) is 14.8. The monoisotopic (exact) mass is 309 g/mol. The van der Waals surface area contributed by atoms with Crippen LogP contribution in [0.4, 0.5) is 5.69 Å². The van der Waals surface area contributed by atoms with Crippen LogP contribution in [0, 0.1) is 0 Å². The van der Waals surface area contributed by atoms with Gasteiger partial charge in [0.2, 0.25) is 0 Å². The fraction of sp³-hybridized carbons (Fsp3) is 0.600. The number of sulfone groups is 1. The average Bonchev–Trinajstić information content (AvgIpc) is 2.47. The molecule has 3 rings (SSSR count). The lowest BCUT2D eigenvalue weighted by atomic mass is 10.0. The van der Waals surface area contributed by atoms with E-state index in [9.17, 15) is 8.42 Å². The Bertz CT molecular complexity index is 573. The number of piperazine rings is 1. The molecule has 6 heteroatoms. The van der Waals surface area contributed by atoms with Gasteiger partial charge in [0.1, 0.15) is 0 Å². The molecule has 0 unspecified atom stereocenters. The first-order chi connectivity index (χ1) is 10.1. The van der Waals surface area contributed by atoms with Crippen LogP contribution in [0.1, 0.15) is 6.92 Å². The Hall–Kier alpha value is -1.11. The van der Waals surface area contributed by atoms with E-state index in [1.165, 1.54) is 0 Å². The maximum absolute atomic E-state index is 11.8. The van der Waals surface area contributed by atoms with Crippen LogP contribution in [0.2, 0.25) is 0 Å². The number of anilines is 1. The Morgan fingerprint density at radius 2 is 1.76 bits per heavy atom. The molecule has 0 amide bonds. The van der Waals surface area contributed by atoms with Gasteiger partial charge in [0.15, 0.2) is 9.84 Å². The molecule has 0 aromatic heterocycles. The van der Waals surface area contributed by atoms with Crippen LogP contribution in [-0.2, 0) is 9.84 Å². The van der Waals surface area contributed by atoms with Crippen molar-refractivity contribution in [1.82, 2.24) is 10.2 Å². The van der Waals surface area contributed by atoms with Crippen molar-refractivity contribution in [3.63, 3.8) is 0 Å². The van der Waals surface area contributed by atoms with Crippen molar-refractivity contribution in [3.8, 4) is 0 Å². The molecule has 2 aliphatic heterocycles. The molecule has 2 fully saturated rings. The highest BCUT2D eigenvalue weighted by molar-refractivity contribution is 7.91. The molecule has 21 heavy (non-hydrogen) atoms. The second-order valence-corrected chi connectivity index (χ2v) is 8.02. The van der Waals surface area contributed by atoms with E-state index in [1.807, 2.05) is 12.1 Å². The third-order valence-corrected chi connectivity index (χ3v) is 6.22. The van der Waals surface area contributed by atoms with Gasteiger partial charge in [0.25, 0.3) is 0 Å². The van der Waals surface area contributed by atoms with E-state index >= 15 is 0 Å². The average molecular weight is 309 g/mol. The van der Waals surface area contributed by atoms with Crippen LogP contribution in [0.5, 0.6) is 0 Å². The summed E-state index contributed by atoms with van der Waals surface area (Å²) in [6, 6.07) is 7.96. The maximum atomic E-state index is 11.8. The predicted octanol–water partition coefficient (Wildman–Crippen LogP) is 0.574. The molecule has 2 saturated heterocycles. The van der Waals surface area contributed by atoms with Crippen LogP contribution in [0.15, 0.2) is 29.2 Å². The summed E-state index contributed by atoms with van der Waals surface area (Å²) in [6.07, 6.45) is 0. The summed E-state index contributed by atoms with van der Waals surface area (Å²) < 4.78 is 23.6. The lowest BCUT2D eigenvalue weighted by Crippen LogP contribution is -2.62. The molecule has 2 heterocycles. The summed E-state index contributed by atoms with van der Waals surface area (Å²) in [7, 11) is -3.09. The molecule has 0 bridgehead atoms. The summed E-state index contributed by atoms with van der Waals surface area (Å²) in [5.41, 5.74) is 1.12. The van der Waals surface area contributed by atoms with Crippen molar-refractivity contribution in [1.29, 1.82) is 0 Å². The Morgan fingerprint density at radius 1 is 1.14 bits per heavy atom. The lowest BCUT2D eigenvalue weighted by molar-refractivity contribution is 0.147. The Kier molecular flexibility index (Phi) is 4.19. The molecule has 1 aromatic rings. The second-order valence-electron chi connectivity index (χ2n) is 5.74. The van der Waals surface area contributed by atoms with Crippen molar-refractivity contribution >= 4 is 15.5 Å². The largest absolute Gasteiger partial charge is 0.368 e. The standard InChI is InChI=1S/C15H23N3O2S/c1-2-21(19,20)15-5-3-13(4-6-15)18-11-14(12-18)17-9-7-16-8-10-17/h3-6,14,16H,2,7-12H2,1H3. The van der Waals surface area contributed by atoms with E-state index in [4.69, 9.17) is 0 Å². The molecule has 1 aromatic carbocycles. The van der Waals surface area contributed by atoms with Gasteiger partial charge in [-0.25, -0.2) is 8.42 Å². The SMILES string of the molecule is CCS(=O)(=O)c1ccc(N2CC(N3CCNCC3)C2)cc1. The number of nitrogens with one attached hydrogen (secondary N) is 1. The van der Waals surface area contributed by atoms with Crippen LogP contribution >= 0.6 is 0 Å². The molecule has 5 nitrogen and oxygen atoms in total. The minimum absolute atomic E-state index is 0.154. The van der Waals surface area contributed by atoms with Crippen molar-refractivity contribution < 1.29 is 8.42 Å². The van der Waals surface area contributed by atoms with Crippen LogP contribution < -0.4 is 10.2 Å². The molecule has 116 valence electrons.